The van der Waals surface area contributed by atoms with Crippen LogP contribution >= 0.6 is 27.7 Å². The van der Waals surface area contributed by atoms with Gasteiger partial charge in [0.1, 0.15) is 5.75 Å². The maximum absolute atomic E-state index is 6.16. The molecule has 2 N–H and O–H groups in total. The normalized spacial score (nSPS) is 10.6. The second-order valence-corrected chi connectivity index (χ2v) is 7.38. The summed E-state index contributed by atoms with van der Waals surface area (Å²) in [6.07, 6.45) is 0. The number of nitrogens with two attached hydrogens (primary N) is 1. The minimum Gasteiger partial charge on any atom is -0.493 e. The summed E-state index contributed by atoms with van der Waals surface area (Å²) >= 11 is 4.90. The Morgan fingerprint density at radius 2 is 1.89 bits per heavy atom. The van der Waals surface area contributed by atoms with Crippen LogP contribution in [0.25, 0.3) is 11.4 Å². The van der Waals surface area contributed by atoms with Crippen LogP contribution in [-0.4, -0.2) is 41.5 Å². The average Bonchev–Trinajstić information content (AvgIpc) is 3.05. The Morgan fingerprint density at radius 1 is 1.07 bits per heavy atom. The Labute approximate surface area is 169 Å². The lowest BCUT2D eigenvalue weighted by atomic mass is 10.2. The standard InChI is InChI=1S/C18H19BrN4O3S/c1-24-15-7-6-12(10-16(15)25-2)17-21-22-18(23(17)20)27-9-8-26-14-5-3-4-13(19)11-14/h3-7,10-11H,8-9,20H2,1-2H3. The number of hydrogen-bond acceptors (Lipinski definition) is 7. The monoisotopic (exact) mass is 450 g/mol. The summed E-state index contributed by atoms with van der Waals surface area (Å²) in [7, 11) is 3.18. The minimum atomic E-state index is 0.527. The van der Waals surface area contributed by atoms with Gasteiger partial charge < -0.3 is 20.1 Å². The molecule has 0 aliphatic heterocycles. The highest BCUT2D eigenvalue weighted by Gasteiger charge is 2.14. The van der Waals surface area contributed by atoms with E-state index in [1.807, 2.05) is 42.5 Å². The van der Waals surface area contributed by atoms with Gasteiger partial charge in [-0.05, 0) is 36.4 Å². The molecule has 142 valence electrons. The van der Waals surface area contributed by atoms with E-state index in [9.17, 15) is 0 Å². The molecule has 0 radical (unpaired) electrons. The molecule has 0 saturated carbocycles. The molecule has 1 heterocycles. The van der Waals surface area contributed by atoms with E-state index in [0.717, 1.165) is 15.8 Å². The minimum absolute atomic E-state index is 0.527. The Hall–Kier alpha value is -2.39. The van der Waals surface area contributed by atoms with Gasteiger partial charge in [0.2, 0.25) is 5.16 Å². The molecule has 0 saturated heterocycles. The largest absolute Gasteiger partial charge is 0.493 e. The molecule has 3 aromatic rings. The third-order valence-electron chi connectivity index (χ3n) is 3.69. The number of ether oxygens (including phenoxy) is 3. The number of hydrogen-bond donors (Lipinski definition) is 1. The molecule has 0 unspecified atom stereocenters. The number of benzene rings is 2. The molecule has 3 rings (SSSR count). The van der Waals surface area contributed by atoms with Gasteiger partial charge in [0.15, 0.2) is 17.3 Å². The van der Waals surface area contributed by atoms with Crippen molar-refractivity contribution in [1.82, 2.24) is 14.9 Å². The van der Waals surface area contributed by atoms with Crippen LogP contribution in [0.3, 0.4) is 0 Å². The van der Waals surface area contributed by atoms with Crippen LogP contribution in [0, 0.1) is 0 Å². The summed E-state index contributed by atoms with van der Waals surface area (Å²) in [6.45, 7) is 0.527. The van der Waals surface area contributed by atoms with Gasteiger partial charge >= 0.3 is 0 Å². The van der Waals surface area contributed by atoms with Crippen LogP contribution in [0.1, 0.15) is 0 Å². The van der Waals surface area contributed by atoms with Crippen molar-refractivity contribution < 1.29 is 14.2 Å². The number of thioether (sulfide) groups is 1. The van der Waals surface area contributed by atoms with Gasteiger partial charge in [0.05, 0.1) is 20.8 Å². The fourth-order valence-electron chi connectivity index (χ4n) is 2.40. The van der Waals surface area contributed by atoms with Gasteiger partial charge in [-0.2, -0.15) is 0 Å². The number of nitrogen functional groups attached to an aromatic ring is 1. The van der Waals surface area contributed by atoms with E-state index in [4.69, 9.17) is 20.1 Å². The second-order valence-electron chi connectivity index (χ2n) is 5.40. The summed E-state index contributed by atoms with van der Waals surface area (Å²) in [5, 5.41) is 8.96. The number of rotatable bonds is 8. The van der Waals surface area contributed by atoms with E-state index in [0.29, 0.717) is 34.8 Å². The van der Waals surface area contributed by atoms with Crippen molar-refractivity contribution in [3.63, 3.8) is 0 Å². The summed E-state index contributed by atoms with van der Waals surface area (Å²) in [4.78, 5) is 0. The number of nitrogens with zero attached hydrogens (tertiary/aromatic N) is 3. The summed E-state index contributed by atoms with van der Waals surface area (Å²) in [6, 6.07) is 13.2. The van der Waals surface area contributed by atoms with Crippen molar-refractivity contribution in [2.45, 2.75) is 5.16 Å². The third kappa shape index (κ3) is 4.67. The Balaban J connectivity index is 1.63. The van der Waals surface area contributed by atoms with E-state index >= 15 is 0 Å². The number of aromatic nitrogens is 3. The van der Waals surface area contributed by atoms with Crippen molar-refractivity contribution in [2.75, 3.05) is 32.4 Å². The first kappa shape index (κ1) is 19.4. The maximum atomic E-state index is 6.16. The zero-order valence-electron chi connectivity index (χ0n) is 14.9. The fraction of sp³-hybridized carbons (Fsp3) is 0.222. The lowest BCUT2D eigenvalue weighted by molar-refractivity contribution is 0.343. The molecule has 7 nitrogen and oxygen atoms in total. The fourth-order valence-corrected chi connectivity index (χ4v) is 3.45. The molecule has 0 amide bonds. The van der Waals surface area contributed by atoms with Crippen LogP contribution in [0.4, 0.5) is 0 Å². The van der Waals surface area contributed by atoms with E-state index in [2.05, 4.69) is 26.1 Å². The molecule has 9 heteroatoms. The van der Waals surface area contributed by atoms with Gasteiger partial charge in [0.25, 0.3) is 0 Å². The lowest BCUT2D eigenvalue weighted by Gasteiger charge is -2.09. The first-order chi connectivity index (χ1) is 13.1. The van der Waals surface area contributed by atoms with Gasteiger partial charge in [-0.3, -0.25) is 0 Å². The Bertz CT molecular complexity index is 919. The van der Waals surface area contributed by atoms with Crippen molar-refractivity contribution in [2.24, 2.45) is 0 Å². The molecule has 0 fully saturated rings. The van der Waals surface area contributed by atoms with Crippen molar-refractivity contribution in [1.29, 1.82) is 0 Å². The summed E-state index contributed by atoms with van der Waals surface area (Å²) in [5.74, 6) is 9.46. The Kier molecular flexibility index (Phi) is 6.46. The molecular weight excluding hydrogens is 432 g/mol. The maximum Gasteiger partial charge on any atom is 0.210 e. The molecule has 0 aliphatic rings. The topological polar surface area (TPSA) is 84.4 Å². The molecule has 2 aromatic carbocycles. The van der Waals surface area contributed by atoms with Gasteiger partial charge in [-0.15, -0.1) is 10.2 Å². The molecule has 0 aliphatic carbocycles. The van der Waals surface area contributed by atoms with Crippen molar-refractivity contribution in [3.8, 4) is 28.6 Å². The van der Waals surface area contributed by atoms with Gasteiger partial charge in [-0.1, -0.05) is 33.8 Å². The van der Waals surface area contributed by atoms with Crippen LogP contribution in [0.2, 0.25) is 0 Å². The molecule has 0 atom stereocenters. The van der Waals surface area contributed by atoms with Crippen LogP contribution < -0.4 is 20.1 Å². The van der Waals surface area contributed by atoms with Crippen LogP contribution in [-0.2, 0) is 0 Å². The predicted molar refractivity (Wildman–Crippen MR) is 109 cm³/mol. The summed E-state index contributed by atoms with van der Waals surface area (Å²) in [5.41, 5.74) is 0.792. The second kappa shape index (κ2) is 9.01. The van der Waals surface area contributed by atoms with E-state index < -0.39 is 0 Å². The van der Waals surface area contributed by atoms with E-state index in [1.54, 1.807) is 14.2 Å². The third-order valence-corrected chi connectivity index (χ3v) is 5.09. The molecular formula is C18H19BrN4O3S. The number of halogens is 1. The first-order valence-electron chi connectivity index (χ1n) is 8.06. The quantitative estimate of drug-likeness (QED) is 0.318. The highest BCUT2D eigenvalue weighted by molar-refractivity contribution is 9.10. The average molecular weight is 451 g/mol. The smallest absolute Gasteiger partial charge is 0.210 e. The number of methoxy groups -OCH3 is 2. The highest BCUT2D eigenvalue weighted by atomic mass is 79.9. The summed E-state index contributed by atoms with van der Waals surface area (Å²) < 4.78 is 18.7. The van der Waals surface area contributed by atoms with E-state index in [1.165, 1.54) is 16.4 Å². The van der Waals surface area contributed by atoms with Crippen molar-refractivity contribution >= 4 is 27.7 Å². The zero-order chi connectivity index (χ0) is 19.2. The Morgan fingerprint density at radius 3 is 2.63 bits per heavy atom. The zero-order valence-corrected chi connectivity index (χ0v) is 17.3. The lowest BCUT2D eigenvalue weighted by Crippen LogP contribution is -2.12. The van der Waals surface area contributed by atoms with Crippen LogP contribution in [0.15, 0.2) is 52.1 Å². The SMILES string of the molecule is COc1ccc(-c2nnc(SCCOc3cccc(Br)c3)n2N)cc1OC. The van der Waals surface area contributed by atoms with Gasteiger partial charge in [-0.25, -0.2) is 4.68 Å². The molecule has 27 heavy (non-hydrogen) atoms. The van der Waals surface area contributed by atoms with E-state index in [-0.39, 0.29) is 0 Å². The molecule has 1 aromatic heterocycles. The molecule has 0 spiro atoms. The molecule has 0 bridgehead atoms. The van der Waals surface area contributed by atoms with Crippen molar-refractivity contribution in [3.05, 3.63) is 46.9 Å². The first-order valence-corrected chi connectivity index (χ1v) is 9.84. The highest BCUT2D eigenvalue weighted by Crippen LogP contribution is 2.32. The predicted octanol–water partition coefficient (Wildman–Crippen LogP) is 3.61. The van der Waals surface area contributed by atoms with Crippen LogP contribution in [0.5, 0.6) is 17.2 Å². The van der Waals surface area contributed by atoms with Gasteiger partial charge in [0, 0.05) is 15.8 Å².